The molecule has 0 bridgehead atoms. The standard InChI is InChI=1S/C13H12Cl2N2O2/c1-17(6-8-2-3-19-7-8)13(18)9-4-10(14)12(15)11(16)5-9/h2-5,7H,6,16H2,1H3. The molecule has 0 fully saturated rings. The van der Waals surface area contributed by atoms with E-state index in [4.69, 9.17) is 33.4 Å². The zero-order chi connectivity index (χ0) is 14.0. The number of hydrogen-bond donors (Lipinski definition) is 1. The van der Waals surface area contributed by atoms with E-state index in [-0.39, 0.29) is 21.6 Å². The molecule has 0 radical (unpaired) electrons. The molecule has 0 spiro atoms. The second-order valence-corrected chi connectivity index (χ2v) is 4.94. The zero-order valence-corrected chi connectivity index (χ0v) is 11.7. The molecule has 1 aromatic carbocycles. The van der Waals surface area contributed by atoms with Crippen LogP contribution in [-0.4, -0.2) is 17.9 Å². The largest absolute Gasteiger partial charge is 0.472 e. The molecule has 0 aliphatic heterocycles. The Morgan fingerprint density at radius 1 is 1.42 bits per heavy atom. The number of hydrogen-bond acceptors (Lipinski definition) is 3. The van der Waals surface area contributed by atoms with Crippen molar-refractivity contribution in [2.75, 3.05) is 12.8 Å². The summed E-state index contributed by atoms with van der Waals surface area (Å²) in [5, 5.41) is 0.525. The van der Waals surface area contributed by atoms with E-state index < -0.39 is 0 Å². The predicted molar refractivity (Wildman–Crippen MR) is 75.4 cm³/mol. The summed E-state index contributed by atoms with van der Waals surface area (Å²) in [4.78, 5) is 13.8. The number of anilines is 1. The fourth-order valence-electron chi connectivity index (χ4n) is 1.68. The first-order valence-electron chi connectivity index (χ1n) is 5.50. The van der Waals surface area contributed by atoms with Gasteiger partial charge in [-0.2, -0.15) is 0 Å². The van der Waals surface area contributed by atoms with Crippen LogP contribution in [0.2, 0.25) is 10.0 Å². The van der Waals surface area contributed by atoms with Crippen molar-refractivity contribution < 1.29 is 9.21 Å². The lowest BCUT2D eigenvalue weighted by molar-refractivity contribution is 0.0785. The van der Waals surface area contributed by atoms with Crippen molar-refractivity contribution in [3.63, 3.8) is 0 Å². The van der Waals surface area contributed by atoms with Gasteiger partial charge in [-0.1, -0.05) is 23.2 Å². The number of furan rings is 1. The average molecular weight is 299 g/mol. The van der Waals surface area contributed by atoms with Crippen LogP contribution >= 0.6 is 23.2 Å². The van der Waals surface area contributed by atoms with E-state index in [1.807, 2.05) is 0 Å². The normalized spacial score (nSPS) is 10.5. The van der Waals surface area contributed by atoms with Gasteiger partial charge in [-0.05, 0) is 18.2 Å². The lowest BCUT2D eigenvalue weighted by atomic mass is 10.1. The highest BCUT2D eigenvalue weighted by atomic mass is 35.5. The van der Waals surface area contributed by atoms with Crippen LogP contribution in [0.3, 0.4) is 0 Å². The molecule has 0 aliphatic rings. The molecular weight excluding hydrogens is 287 g/mol. The number of carbonyl (C=O) groups excluding carboxylic acids is 1. The molecule has 0 unspecified atom stereocenters. The molecule has 0 saturated heterocycles. The lowest BCUT2D eigenvalue weighted by Crippen LogP contribution is -2.26. The molecular formula is C13H12Cl2N2O2. The van der Waals surface area contributed by atoms with Crippen molar-refractivity contribution >= 4 is 34.8 Å². The number of benzene rings is 1. The van der Waals surface area contributed by atoms with Gasteiger partial charge in [0.25, 0.3) is 5.91 Å². The second-order valence-electron chi connectivity index (χ2n) is 4.15. The van der Waals surface area contributed by atoms with Gasteiger partial charge in [0.2, 0.25) is 0 Å². The highest BCUT2D eigenvalue weighted by Crippen LogP contribution is 2.29. The molecule has 19 heavy (non-hydrogen) atoms. The summed E-state index contributed by atoms with van der Waals surface area (Å²) in [5.41, 5.74) is 7.29. The number of nitrogens with two attached hydrogens (primary N) is 1. The summed E-state index contributed by atoms with van der Waals surface area (Å²) < 4.78 is 4.96. The van der Waals surface area contributed by atoms with Crippen LogP contribution in [0.25, 0.3) is 0 Å². The first kappa shape index (κ1) is 13.8. The van der Waals surface area contributed by atoms with Crippen molar-refractivity contribution in [2.45, 2.75) is 6.54 Å². The summed E-state index contributed by atoms with van der Waals surface area (Å²) in [7, 11) is 1.69. The second kappa shape index (κ2) is 5.55. The van der Waals surface area contributed by atoms with Gasteiger partial charge in [-0.3, -0.25) is 4.79 Å². The first-order chi connectivity index (χ1) is 8.99. The van der Waals surface area contributed by atoms with Gasteiger partial charge in [-0.25, -0.2) is 0 Å². The fraction of sp³-hybridized carbons (Fsp3) is 0.154. The van der Waals surface area contributed by atoms with Crippen LogP contribution in [0.4, 0.5) is 5.69 Å². The summed E-state index contributed by atoms with van der Waals surface area (Å²) in [5.74, 6) is -0.188. The van der Waals surface area contributed by atoms with E-state index >= 15 is 0 Å². The van der Waals surface area contributed by atoms with E-state index in [9.17, 15) is 4.79 Å². The molecule has 1 aromatic heterocycles. The summed E-state index contributed by atoms with van der Waals surface area (Å²) >= 11 is 11.8. The fourth-order valence-corrected chi connectivity index (χ4v) is 2.02. The quantitative estimate of drug-likeness (QED) is 0.883. The van der Waals surface area contributed by atoms with Gasteiger partial charge in [-0.15, -0.1) is 0 Å². The van der Waals surface area contributed by atoms with Gasteiger partial charge >= 0.3 is 0 Å². The average Bonchev–Trinajstić information content (AvgIpc) is 2.87. The Bertz CT molecular complexity index is 574. The van der Waals surface area contributed by atoms with Gasteiger partial charge in [0.15, 0.2) is 0 Å². The molecule has 1 heterocycles. The topological polar surface area (TPSA) is 59.5 Å². The molecule has 6 heteroatoms. The Kier molecular flexibility index (Phi) is 4.02. The van der Waals surface area contributed by atoms with Crippen molar-refractivity contribution in [1.29, 1.82) is 0 Å². The minimum atomic E-state index is -0.188. The Hall–Kier alpha value is -1.65. The van der Waals surface area contributed by atoms with E-state index in [0.29, 0.717) is 12.1 Å². The maximum absolute atomic E-state index is 12.2. The third-order valence-electron chi connectivity index (χ3n) is 2.65. The Morgan fingerprint density at radius 3 is 2.74 bits per heavy atom. The number of halogens is 2. The SMILES string of the molecule is CN(Cc1ccoc1)C(=O)c1cc(N)c(Cl)c(Cl)c1. The number of carbonyl (C=O) groups is 1. The van der Waals surface area contributed by atoms with Gasteiger partial charge in [0.05, 0.1) is 28.3 Å². The number of amides is 1. The number of rotatable bonds is 3. The minimum absolute atomic E-state index is 0.188. The van der Waals surface area contributed by atoms with Crippen molar-refractivity contribution in [1.82, 2.24) is 4.90 Å². The Balaban J connectivity index is 2.19. The zero-order valence-electron chi connectivity index (χ0n) is 10.2. The van der Waals surface area contributed by atoms with Crippen LogP contribution in [0.5, 0.6) is 0 Å². The van der Waals surface area contributed by atoms with Crippen LogP contribution in [-0.2, 0) is 6.54 Å². The van der Waals surface area contributed by atoms with Crippen molar-refractivity contribution in [3.8, 4) is 0 Å². The third kappa shape index (κ3) is 3.03. The van der Waals surface area contributed by atoms with E-state index in [0.717, 1.165) is 5.56 Å². The van der Waals surface area contributed by atoms with Crippen molar-refractivity contribution in [2.24, 2.45) is 0 Å². The molecule has 4 nitrogen and oxygen atoms in total. The molecule has 2 N–H and O–H groups in total. The molecule has 1 amide bonds. The summed E-state index contributed by atoms with van der Waals surface area (Å²) in [6.45, 7) is 0.440. The molecule has 100 valence electrons. The molecule has 0 atom stereocenters. The van der Waals surface area contributed by atoms with Crippen LogP contribution < -0.4 is 5.73 Å². The third-order valence-corrected chi connectivity index (χ3v) is 3.47. The van der Waals surface area contributed by atoms with Gasteiger partial charge < -0.3 is 15.1 Å². The van der Waals surface area contributed by atoms with Crippen LogP contribution in [0, 0.1) is 0 Å². The van der Waals surface area contributed by atoms with Gasteiger partial charge in [0, 0.05) is 24.7 Å². The smallest absolute Gasteiger partial charge is 0.254 e. The maximum atomic E-state index is 12.2. The number of nitrogen functional groups attached to an aromatic ring is 1. The molecule has 0 saturated carbocycles. The molecule has 2 rings (SSSR count). The Labute approximate surface area is 120 Å². The lowest BCUT2D eigenvalue weighted by Gasteiger charge is -2.17. The van der Waals surface area contributed by atoms with Crippen LogP contribution in [0.1, 0.15) is 15.9 Å². The van der Waals surface area contributed by atoms with Gasteiger partial charge in [0.1, 0.15) is 0 Å². The first-order valence-corrected chi connectivity index (χ1v) is 6.25. The summed E-state index contributed by atoms with van der Waals surface area (Å²) in [6, 6.07) is 4.82. The van der Waals surface area contributed by atoms with E-state index in [1.165, 1.54) is 12.1 Å². The highest BCUT2D eigenvalue weighted by Gasteiger charge is 2.15. The molecule has 2 aromatic rings. The number of nitrogens with zero attached hydrogens (tertiary/aromatic N) is 1. The highest BCUT2D eigenvalue weighted by molar-refractivity contribution is 6.43. The van der Waals surface area contributed by atoms with Crippen LogP contribution in [0.15, 0.2) is 35.1 Å². The monoisotopic (exact) mass is 298 g/mol. The van der Waals surface area contributed by atoms with Crippen molar-refractivity contribution in [3.05, 3.63) is 51.9 Å². The molecule has 0 aliphatic carbocycles. The summed E-state index contributed by atoms with van der Waals surface area (Å²) in [6.07, 6.45) is 3.15. The predicted octanol–water partition coefficient (Wildman–Crippen LogP) is 3.44. The Morgan fingerprint density at radius 2 is 2.16 bits per heavy atom. The van der Waals surface area contributed by atoms with E-state index in [1.54, 1.807) is 30.5 Å². The minimum Gasteiger partial charge on any atom is -0.472 e. The van der Waals surface area contributed by atoms with E-state index in [2.05, 4.69) is 0 Å². The maximum Gasteiger partial charge on any atom is 0.254 e.